The summed E-state index contributed by atoms with van der Waals surface area (Å²) < 4.78 is 24.7. The molecule has 9 nitrogen and oxygen atoms in total. The number of halogens is 2. The van der Waals surface area contributed by atoms with Crippen LogP contribution in [0.25, 0.3) is 0 Å². The van der Waals surface area contributed by atoms with E-state index in [2.05, 4.69) is 33.4 Å². The lowest BCUT2D eigenvalue weighted by Gasteiger charge is -2.36. The van der Waals surface area contributed by atoms with Gasteiger partial charge in [-0.05, 0) is 31.0 Å². The second-order valence-corrected chi connectivity index (χ2v) is 9.59. The van der Waals surface area contributed by atoms with Crippen LogP contribution in [0.5, 0.6) is 5.75 Å². The van der Waals surface area contributed by atoms with Crippen molar-refractivity contribution in [3.8, 4) is 5.75 Å². The SMILES string of the molecule is CC(C)c1nsc(N2CCC(N3CCC(Oc4ccc(C(=O)NCCO)cc4F)C3=O)CC2)n1.Cl. The van der Waals surface area contributed by atoms with Gasteiger partial charge in [0, 0.05) is 61.7 Å². The van der Waals surface area contributed by atoms with E-state index in [0.29, 0.717) is 18.9 Å². The Morgan fingerprint density at radius 3 is 2.66 bits per heavy atom. The number of hydrogen-bond acceptors (Lipinski definition) is 8. The van der Waals surface area contributed by atoms with E-state index in [9.17, 15) is 14.0 Å². The summed E-state index contributed by atoms with van der Waals surface area (Å²) in [7, 11) is 0. The number of carbonyl (C=O) groups excluding carboxylic acids is 2. The number of aliphatic hydroxyl groups excluding tert-OH is 1. The van der Waals surface area contributed by atoms with Crippen LogP contribution in [0.2, 0.25) is 0 Å². The summed E-state index contributed by atoms with van der Waals surface area (Å²) >= 11 is 1.42. The van der Waals surface area contributed by atoms with E-state index in [1.807, 2.05) is 4.90 Å². The third-order valence-corrected chi connectivity index (χ3v) is 6.97. The lowest BCUT2D eigenvalue weighted by molar-refractivity contribution is -0.135. The fourth-order valence-electron chi connectivity index (χ4n) is 4.27. The number of aromatic nitrogens is 2. The second-order valence-electron chi connectivity index (χ2n) is 8.86. The van der Waals surface area contributed by atoms with E-state index in [0.717, 1.165) is 43.0 Å². The molecule has 2 saturated heterocycles. The van der Waals surface area contributed by atoms with Crippen LogP contribution >= 0.6 is 23.9 Å². The maximum absolute atomic E-state index is 14.5. The van der Waals surface area contributed by atoms with Crippen molar-refractivity contribution in [3.05, 3.63) is 35.4 Å². The first-order chi connectivity index (χ1) is 16.4. The Bertz CT molecular complexity index is 1030. The van der Waals surface area contributed by atoms with E-state index < -0.39 is 17.8 Å². The minimum absolute atomic E-state index is 0. The molecule has 2 aliphatic heterocycles. The molecule has 0 spiro atoms. The van der Waals surface area contributed by atoms with Crippen molar-refractivity contribution in [1.82, 2.24) is 19.6 Å². The fraction of sp³-hybridized carbons (Fsp3) is 0.565. The Hall–Kier alpha value is -2.50. The zero-order valence-electron chi connectivity index (χ0n) is 19.8. The molecule has 2 N–H and O–H groups in total. The van der Waals surface area contributed by atoms with Gasteiger partial charge in [0.2, 0.25) is 5.13 Å². The number of aliphatic hydroxyl groups is 1. The first-order valence-corrected chi connectivity index (χ1v) is 12.4. The summed E-state index contributed by atoms with van der Waals surface area (Å²) in [6.07, 6.45) is 1.42. The summed E-state index contributed by atoms with van der Waals surface area (Å²) in [4.78, 5) is 33.6. The minimum Gasteiger partial charge on any atom is -0.477 e. The third kappa shape index (κ3) is 6.20. The van der Waals surface area contributed by atoms with Crippen LogP contribution in [0.15, 0.2) is 18.2 Å². The summed E-state index contributed by atoms with van der Waals surface area (Å²) in [6.45, 7) is 6.23. The van der Waals surface area contributed by atoms with Gasteiger partial charge in [-0.1, -0.05) is 13.8 Å². The zero-order valence-corrected chi connectivity index (χ0v) is 21.4. The van der Waals surface area contributed by atoms with Crippen LogP contribution in [-0.2, 0) is 4.79 Å². The van der Waals surface area contributed by atoms with Crippen molar-refractivity contribution < 1.29 is 23.8 Å². The molecule has 0 radical (unpaired) electrons. The summed E-state index contributed by atoms with van der Waals surface area (Å²) in [5, 5.41) is 12.2. The lowest BCUT2D eigenvalue weighted by atomic mass is 10.0. The first-order valence-electron chi connectivity index (χ1n) is 11.6. The van der Waals surface area contributed by atoms with Crippen LogP contribution in [-0.4, -0.2) is 76.1 Å². The van der Waals surface area contributed by atoms with Gasteiger partial charge in [0.15, 0.2) is 17.7 Å². The molecule has 2 aliphatic rings. The highest BCUT2D eigenvalue weighted by Crippen LogP contribution is 2.29. The van der Waals surface area contributed by atoms with Gasteiger partial charge < -0.3 is 25.0 Å². The summed E-state index contributed by atoms with van der Waals surface area (Å²) in [5.41, 5.74) is 0.125. The van der Waals surface area contributed by atoms with Crippen molar-refractivity contribution in [2.45, 2.75) is 51.2 Å². The summed E-state index contributed by atoms with van der Waals surface area (Å²) in [6, 6.07) is 4.01. The highest BCUT2D eigenvalue weighted by atomic mass is 35.5. The predicted octanol–water partition coefficient (Wildman–Crippen LogP) is 2.59. The number of carbonyl (C=O) groups is 2. The number of piperidine rings is 1. The average Bonchev–Trinajstić information content (AvgIpc) is 3.47. The molecule has 0 bridgehead atoms. The van der Waals surface area contributed by atoms with Crippen molar-refractivity contribution in [1.29, 1.82) is 0 Å². The second kappa shape index (κ2) is 12.0. The Morgan fingerprint density at radius 2 is 2.03 bits per heavy atom. The predicted molar refractivity (Wildman–Crippen MR) is 133 cm³/mol. The van der Waals surface area contributed by atoms with Crippen LogP contribution in [0.4, 0.5) is 9.52 Å². The Balaban J connectivity index is 0.00000342. The van der Waals surface area contributed by atoms with Gasteiger partial charge in [0.25, 0.3) is 11.8 Å². The smallest absolute Gasteiger partial charge is 0.263 e. The standard InChI is InChI=1S/C23H30FN5O4S.ClH/c1-14(2)20-26-23(34-27-20)28-9-5-16(6-10-28)29-11-7-19(22(29)32)33-18-4-3-15(13-17(18)24)21(31)25-8-12-30;/h3-4,13-14,16,19,30H,5-12H2,1-2H3,(H,25,31);1H. The van der Waals surface area contributed by atoms with Crippen LogP contribution in [0, 0.1) is 5.82 Å². The zero-order chi connectivity index (χ0) is 24.2. The quantitative estimate of drug-likeness (QED) is 0.543. The molecule has 3 heterocycles. The molecule has 12 heteroatoms. The van der Waals surface area contributed by atoms with E-state index in [1.165, 1.54) is 23.7 Å². The van der Waals surface area contributed by atoms with Crippen molar-refractivity contribution in [2.24, 2.45) is 0 Å². The van der Waals surface area contributed by atoms with Gasteiger partial charge in [-0.2, -0.15) is 4.37 Å². The van der Waals surface area contributed by atoms with E-state index in [1.54, 1.807) is 0 Å². The number of nitrogens with zero attached hydrogens (tertiary/aromatic N) is 4. The molecule has 1 atom stereocenters. The number of hydrogen-bond donors (Lipinski definition) is 2. The number of benzene rings is 1. The van der Waals surface area contributed by atoms with Gasteiger partial charge in [-0.3, -0.25) is 9.59 Å². The molecule has 1 aromatic heterocycles. The van der Waals surface area contributed by atoms with Crippen LogP contribution in [0.1, 0.15) is 55.2 Å². The summed E-state index contributed by atoms with van der Waals surface area (Å²) in [5.74, 6) is -0.197. The molecule has 2 fully saturated rings. The van der Waals surface area contributed by atoms with Crippen molar-refractivity contribution in [3.63, 3.8) is 0 Å². The normalized spacial score (nSPS) is 18.7. The molecule has 192 valence electrons. The minimum atomic E-state index is -0.738. The highest BCUT2D eigenvalue weighted by molar-refractivity contribution is 7.09. The number of rotatable bonds is 8. The molecule has 2 aromatic rings. The molecular weight excluding hydrogens is 497 g/mol. The molecule has 0 saturated carbocycles. The maximum atomic E-state index is 14.5. The number of anilines is 1. The molecule has 1 aromatic carbocycles. The third-order valence-electron chi connectivity index (χ3n) is 6.17. The highest BCUT2D eigenvalue weighted by Gasteiger charge is 2.39. The van der Waals surface area contributed by atoms with E-state index >= 15 is 0 Å². The van der Waals surface area contributed by atoms with Gasteiger partial charge >= 0.3 is 0 Å². The van der Waals surface area contributed by atoms with Gasteiger partial charge in [-0.15, -0.1) is 12.4 Å². The molecular formula is C23H31ClFN5O4S. The van der Waals surface area contributed by atoms with Crippen LogP contribution in [0.3, 0.4) is 0 Å². The first kappa shape index (κ1) is 27.1. The van der Waals surface area contributed by atoms with Crippen molar-refractivity contribution >= 4 is 40.9 Å². The van der Waals surface area contributed by atoms with Crippen LogP contribution < -0.4 is 15.0 Å². The Labute approximate surface area is 214 Å². The molecule has 4 rings (SSSR count). The molecule has 2 amide bonds. The average molecular weight is 528 g/mol. The fourth-order valence-corrected chi connectivity index (χ4v) is 5.13. The maximum Gasteiger partial charge on any atom is 0.263 e. The number of amides is 2. The number of likely N-dealkylation sites (tertiary alicyclic amines) is 1. The Morgan fingerprint density at radius 1 is 1.29 bits per heavy atom. The monoisotopic (exact) mass is 527 g/mol. The van der Waals surface area contributed by atoms with Gasteiger partial charge in [0.05, 0.1) is 6.61 Å². The molecule has 0 aliphatic carbocycles. The van der Waals surface area contributed by atoms with Gasteiger partial charge in [0.1, 0.15) is 5.82 Å². The van der Waals surface area contributed by atoms with Gasteiger partial charge in [-0.25, -0.2) is 9.37 Å². The largest absolute Gasteiger partial charge is 0.477 e. The lowest BCUT2D eigenvalue weighted by Crippen LogP contribution is -2.47. The number of ether oxygens (including phenoxy) is 1. The topological polar surface area (TPSA) is 108 Å². The molecule has 35 heavy (non-hydrogen) atoms. The number of nitrogens with one attached hydrogen (secondary N) is 1. The Kier molecular flexibility index (Phi) is 9.26. The van der Waals surface area contributed by atoms with E-state index in [4.69, 9.17) is 9.84 Å². The van der Waals surface area contributed by atoms with E-state index in [-0.39, 0.29) is 48.8 Å². The van der Waals surface area contributed by atoms with Crippen molar-refractivity contribution in [2.75, 3.05) is 37.7 Å². The molecule has 1 unspecified atom stereocenters.